The van der Waals surface area contributed by atoms with Gasteiger partial charge < -0.3 is 15.6 Å². The molecule has 37 heavy (non-hydrogen) atoms. The number of aromatic nitrogens is 4. The fourth-order valence-electron chi connectivity index (χ4n) is 3.93. The van der Waals surface area contributed by atoms with Crippen LogP contribution in [0, 0.1) is 11.3 Å². The predicted octanol–water partition coefficient (Wildman–Crippen LogP) is 6.47. The quantitative estimate of drug-likeness (QED) is 0.242. The first-order valence-electron chi connectivity index (χ1n) is 11.5. The molecular weight excluding hydrogens is 486 g/mol. The first-order valence-corrected chi connectivity index (χ1v) is 11.9. The number of pyridine rings is 1. The van der Waals surface area contributed by atoms with Gasteiger partial charge in [0.25, 0.3) is 5.91 Å². The van der Waals surface area contributed by atoms with Crippen molar-refractivity contribution in [3.8, 4) is 17.3 Å². The van der Waals surface area contributed by atoms with Crippen LogP contribution in [0.15, 0.2) is 79.4 Å². The lowest BCUT2D eigenvalue weighted by Gasteiger charge is -2.17. The molecule has 0 unspecified atom stereocenters. The van der Waals surface area contributed by atoms with Gasteiger partial charge in [-0.3, -0.25) is 4.79 Å². The van der Waals surface area contributed by atoms with E-state index in [-0.39, 0.29) is 5.91 Å². The number of rotatable bonds is 6. The van der Waals surface area contributed by atoms with Crippen LogP contribution in [0.3, 0.4) is 0 Å². The van der Waals surface area contributed by atoms with Crippen LogP contribution in [-0.4, -0.2) is 25.8 Å². The van der Waals surface area contributed by atoms with E-state index in [1.54, 1.807) is 42.6 Å². The Labute approximate surface area is 218 Å². The molecule has 1 amide bonds. The molecule has 0 bridgehead atoms. The number of benzene rings is 2. The van der Waals surface area contributed by atoms with Gasteiger partial charge >= 0.3 is 0 Å². The van der Waals surface area contributed by atoms with E-state index in [0.29, 0.717) is 27.8 Å². The van der Waals surface area contributed by atoms with E-state index in [9.17, 15) is 10.1 Å². The SMILES string of the molecule is CC(C)(C#N)c1cccc(C(=O)Nc2cc(Nc3ncccc3-c3ncnc4[nH]ccc34)ccc2Cl)c1. The zero-order chi connectivity index (χ0) is 26.0. The fraction of sp³-hybridized carbons (Fsp3) is 0.107. The summed E-state index contributed by atoms with van der Waals surface area (Å²) >= 11 is 6.42. The largest absolute Gasteiger partial charge is 0.346 e. The molecule has 5 rings (SSSR count). The number of fused-ring (bicyclic) bond motifs is 1. The zero-order valence-corrected chi connectivity index (χ0v) is 20.8. The number of nitrogens with one attached hydrogen (secondary N) is 3. The Hall–Kier alpha value is -4.74. The Kier molecular flexibility index (Phi) is 6.30. The smallest absolute Gasteiger partial charge is 0.255 e. The highest BCUT2D eigenvalue weighted by Gasteiger charge is 2.21. The third-order valence-electron chi connectivity index (χ3n) is 6.02. The van der Waals surface area contributed by atoms with Gasteiger partial charge in [0.05, 0.1) is 27.9 Å². The van der Waals surface area contributed by atoms with Crippen molar-refractivity contribution in [2.75, 3.05) is 10.6 Å². The molecule has 0 radical (unpaired) electrons. The number of carbonyl (C=O) groups excluding carboxylic acids is 1. The van der Waals surface area contributed by atoms with E-state index < -0.39 is 5.41 Å². The van der Waals surface area contributed by atoms with Crippen molar-refractivity contribution in [3.63, 3.8) is 0 Å². The summed E-state index contributed by atoms with van der Waals surface area (Å²) in [6.45, 7) is 3.62. The highest BCUT2D eigenvalue weighted by Crippen LogP contribution is 2.33. The number of amides is 1. The van der Waals surface area contributed by atoms with Gasteiger partial charge in [-0.25, -0.2) is 15.0 Å². The molecule has 2 aromatic carbocycles. The van der Waals surface area contributed by atoms with Gasteiger partial charge in [-0.15, -0.1) is 0 Å². The van der Waals surface area contributed by atoms with E-state index >= 15 is 0 Å². The van der Waals surface area contributed by atoms with E-state index in [0.717, 1.165) is 27.9 Å². The van der Waals surface area contributed by atoms with Gasteiger partial charge in [-0.2, -0.15) is 5.26 Å². The van der Waals surface area contributed by atoms with Crippen molar-refractivity contribution in [1.29, 1.82) is 5.26 Å². The number of nitriles is 1. The molecule has 0 aliphatic rings. The maximum absolute atomic E-state index is 13.0. The summed E-state index contributed by atoms with van der Waals surface area (Å²) in [6.07, 6.45) is 5.01. The highest BCUT2D eigenvalue weighted by molar-refractivity contribution is 6.34. The van der Waals surface area contributed by atoms with Crippen molar-refractivity contribution in [3.05, 3.63) is 95.5 Å². The van der Waals surface area contributed by atoms with Crippen molar-refractivity contribution in [2.24, 2.45) is 0 Å². The molecule has 0 aliphatic carbocycles. The molecule has 5 aromatic rings. The summed E-state index contributed by atoms with van der Waals surface area (Å²) in [7, 11) is 0. The van der Waals surface area contributed by atoms with Crippen LogP contribution < -0.4 is 10.6 Å². The van der Waals surface area contributed by atoms with Crippen LogP contribution in [0.4, 0.5) is 17.2 Å². The molecule has 3 N–H and O–H groups in total. The maximum Gasteiger partial charge on any atom is 0.255 e. The third-order valence-corrected chi connectivity index (χ3v) is 6.35. The molecule has 0 spiro atoms. The number of hydrogen-bond acceptors (Lipinski definition) is 6. The minimum Gasteiger partial charge on any atom is -0.346 e. The lowest BCUT2D eigenvalue weighted by molar-refractivity contribution is 0.102. The molecule has 0 fully saturated rings. The molecule has 3 heterocycles. The number of carbonyl (C=O) groups is 1. The minimum atomic E-state index is -0.714. The molecule has 182 valence electrons. The molecule has 0 atom stereocenters. The Bertz CT molecular complexity index is 1670. The first kappa shape index (κ1) is 24.0. The van der Waals surface area contributed by atoms with Crippen molar-refractivity contribution in [1.82, 2.24) is 19.9 Å². The number of anilines is 3. The summed E-state index contributed by atoms with van der Waals surface area (Å²) in [5, 5.41) is 16.9. The molecule has 0 aliphatic heterocycles. The monoisotopic (exact) mass is 507 g/mol. The van der Waals surface area contributed by atoms with Gasteiger partial charge in [0.1, 0.15) is 17.8 Å². The molecule has 8 nitrogen and oxygen atoms in total. The average Bonchev–Trinajstić information content (AvgIpc) is 3.40. The van der Waals surface area contributed by atoms with Gasteiger partial charge in [0, 0.05) is 34.6 Å². The lowest BCUT2D eigenvalue weighted by atomic mass is 9.85. The number of H-pyrrole nitrogens is 1. The molecule has 9 heteroatoms. The first-order chi connectivity index (χ1) is 17.9. The van der Waals surface area contributed by atoms with Crippen LogP contribution in [0.1, 0.15) is 29.8 Å². The Morgan fingerprint density at radius 1 is 1.05 bits per heavy atom. The Morgan fingerprint density at radius 3 is 2.76 bits per heavy atom. The second kappa shape index (κ2) is 9.72. The van der Waals surface area contributed by atoms with Crippen LogP contribution in [0.5, 0.6) is 0 Å². The maximum atomic E-state index is 13.0. The molecule has 0 saturated carbocycles. The summed E-state index contributed by atoms with van der Waals surface area (Å²) in [6, 6.07) is 20.2. The minimum absolute atomic E-state index is 0.330. The van der Waals surface area contributed by atoms with Crippen molar-refractivity contribution >= 4 is 45.7 Å². The number of hydrogen-bond donors (Lipinski definition) is 3. The average molecular weight is 508 g/mol. The Morgan fingerprint density at radius 2 is 1.92 bits per heavy atom. The van der Waals surface area contributed by atoms with Gasteiger partial charge in [-0.1, -0.05) is 23.7 Å². The van der Waals surface area contributed by atoms with Crippen molar-refractivity contribution < 1.29 is 4.79 Å². The summed E-state index contributed by atoms with van der Waals surface area (Å²) < 4.78 is 0. The number of halogens is 1. The fourth-order valence-corrected chi connectivity index (χ4v) is 4.09. The summed E-state index contributed by atoms with van der Waals surface area (Å²) in [5.74, 6) is 0.263. The van der Waals surface area contributed by atoms with E-state index in [1.165, 1.54) is 6.33 Å². The molecular formula is C28H22ClN7O. The summed E-state index contributed by atoms with van der Waals surface area (Å²) in [5.41, 5.74) is 3.87. The van der Waals surface area contributed by atoms with Crippen LogP contribution in [0.2, 0.25) is 5.02 Å². The van der Waals surface area contributed by atoms with Crippen LogP contribution in [0.25, 0.3) is 22.3 Å². The van der Waals surface area contributed by atoms with Crippen LogP contribution in [-0.2, 0) is 5.41 Å². The standard InChI is InChI=1S/C28H22ClN7O/c1-28(2,15-30)18-6-3-5-17(13-18)27(37)36-23-14-19(8-9-22(23)29)35-26-20(7-4-11-31-26)24-21-10-12-32-25(21)34-16-33-24/h3-14,16H,1-2H3,(H,31,35)(H,36,37)(H,32,33,34). The highest BCUT2D eigenvalue weighted by atomic mass is 35.5. The number of aromatic amines is 1. The van der Waals surface area contributed by atoms with E-state index in [4.69, 9.17) is 11.6 Å². The third kappa shape index (κ3) is 4.85. The van der Waals surface area contributed by atoms with Crippen molar-refractivity contribution in [2.45, 2.75) is 19.3 Å². The second-order valence-corrected chi connectivity index (χ2v) is 9.36. The van der Waals surface area contributed by atoms with E-state index in [1.807, 2.05) is 44.3 Å². The Balaban J connectivity index is 1.43. The number of nitrogens with zero attached hydrogens (tertiary/aromatic N) is 4. The topological polar surface area (TPSA) is 119 Å². The predicted molar refractivity (Wildman–Crippen MR) is 145 cm³/mol. The second-order valence-electron chi connectivity index (χ2n) is 8.95. The molecule has 0 saturated heterocycles. The normalized spacial score (nSPS) is 11.2. The molecule has 3 aromatic heterocycles. The zero-order valence-electron chi connectivity index (χ0n) is 20.1. The van der Waals surface area contributed by atoms with E-state index in [2.05, 4.69) is 36.6 Å². The summed E-state index contributed by atoms with van der Waals surface area (Å²) in [4.78, 5) is 29.4. The van der Waals surface area contributed by atoms with Crippen LogP contribution >= 0.6 is 11.6 Å². The van der Waals surface area contributed by atoms with Gasteiger partial charge in [0.2, 0.25) is 0 Å². The lowest BCUT2D eigenvalue weighted by Crippen LogP contribution is -2.17. The van der Waals surface area contributed by atoms with Gasteiger partial charge in [-0.05, 0) is 67.9 Å². The van der Waals surface area contributed by atoms with Gasteiger partial charge in [0.15, 0.2) is 0 Å².